The molecule has 4 N–H and O–H groups in total. The Morgan fingerprint density at radius 2 is 2.10 bits per heavy atom. The average Bonchev–Trinajstić information content (AvgIpc) is 2.34. The Morgan fingerprint density at radius 3 is 2.80 bits per heavy atom. The lowest BCUT2D eigenvalue weighted by Crippen LogP contribution is -2.19. The number of nitrogens with two attached hydrogens (primary N) is 1. The van der Waals surface area contributed by atoms with Gasteiger partial charge in [-0.1, -0.05) is 0 Å². The second-order valence-corrected chi connectivity index (χ2v) is 5.53. The average molecular weight is 305 g/mol. The van der Waals surface area contributed by atoms with E-state index in [0.717, 1.165) is 5.56 Å². The fourth-order valence-corrected chi connectivity index (χ4v) is 2.39. The standard InChI is InChI=1S/C12H14F3N3OS/c13-12(14,15)20-4-3-17-10-5-7-1-2-11(19)18-9(7)6-8(10)16/h5-6,17H,1-4,16H2,(H,18,19). The number of hydrogen-bond acceptors (Lipinski definition) is 4. The first-order valence-corrected chi connectivity index (χ1v) is 7.00. The Hall–Kier alpha value is -1.57. The molecule has 1 aromatic carbocycles. The number of nitrogens with one attached hydrogen (secondary N) is 2. The van der Waals surface area contributed by atoms with Crippen LogP contribution in [0.4, 0.5) is 30.2 Å². The lowest BCUT2D eigenvalue weighted by Gasteiger charge is -2.19. The number of benzene rings is 1. The summed E-state index contributed by atoms with van der Waals surface area (Å²) in [5.41, 5.74) is 4.22. The van der Waals surface area contributed by atoms with E-state index in [1.165, 1.54) is 0 Å². The van der Waals surface area contributed by atoms with Gasteiger partial charge in [0, 0.05) is 24.4 Å². The molecule has 0 aromatic heterocycles. The van der Waals surface area contributed by atoms with Crippen LogP contribution in [0.1, 0.15) is 12.0 Å². The molecule has 20 heavy (non-hydrogen) atoms. The molecule has 0 saturated heterocycles. The minimum absolute atomic E-state index is 0.0563. The van der Waals surface area contributed by atoms with Crippen LogP contribution in [0.25, 0.3) is 0 Å². The van der Waals surface area contributed by atoms with Gasteiger partial charge >= 0.3 is 5.51 Å². The van der Waals surface area contributed by atoms with Gasteiger partial charge in [0.05, 0.1) is 11.4 Å². The van der Waals surface area contributed by atoms with E-state index < -0.39 is 5.51 Å². The highest BCUT2D eigenvalue weighted by molar-refractivity contribution is 8.00. The Morgan fingerprint density at radius 1 is 1.35 bits per heavy atom. The topological polar surface area (TPSA) is 67.1 Å². The summed E-state index contributed by atoms with van der Waals surface area (Å²) in [6, 6.07) is 3.41. The molecule has 2 rings (SSSR count). The Bertz CT molecular complexity index is 519. The van der Waals surface area contributed by atoms with Crippen LogP contribution in [0.5, 0.6) is 0 Å². The van der Waals surface area contributed by atoms with Gasteiger partial charge in [-0.3, -0.25) is 4.79 Å². The molecule has 0 aliphatic carbocycles. The van der Waals surface area contributed by atoms with E-state index in [2.05, 4.69) is 10.6 Å². The maximum atomic E-state index is 12.0. The third kappa shape index (κ3) is 3.96. The van der Waals surface area contributed by atoms with Crippen LogP contribution >= 0.6 is 11.8 Å². The molecular weight excluding hydrogens is 291 g/mol. The summed E-state index contributed by atoms with van der Waals surface area (Å²) >= 11 is -0.0726. The van der Waals surface area contributed by atoms with Crippen LogP contribution in [0, 0.1) is 0 Å². The van der Waals surface area contributed by atoms with Crippen molar-refractivity contribution in [3.8, 4) is 0 Å². The van der Waals surface area contributed by atoms with Gasteiger partial charge in [0.1, 0.15) is 0 Å². The van der Waals surface area contributed by atoms with Crippen LogP contribution in [0.3, 0.4) is 0 Å². The number of nitrogen functional groups attached to an aromatic ring is 1. The highest BCUT2D eigenvalue weighted by atomic mass is 32.2. The summed E-state index contributed by atoms with van der Waals surface area (Å²) in [6.45, 7) is 0.166. The number of alkyl halides is 3. The first-order chi connectivity index (χ1) is 9.35. The highest BCUT2D eigenvalue weighted by Crippen LogP contribution is 2.32. The normalized spacial score (nSPS) is 14.7. The van der Waals surface area contributed by atoms with E-state index >= 15 is 0 Å². The van der Waals surface area contributed by atoms with Gasteiger partial charge in [-0.25, -0.2) is 0 Å². The van der Waals surface area contributed by atoms with Crippen molar-refractivity contribution in [3.05, 3.63) is 17.7 Å². The van der Waals surface area contributed by atoms with Gasteiger partial charge in [-0.2, -0.15) is 13.2 Å². The van der Waals surface area contributed by atoms with Gasteiger partial charge in [0.25, 0.3) is 0 Å². The summed E-state index contributed by atoms with van der Waals surface area (Å²) < 4.78 is 36.0. The van der Waals surface area contributed by atoms with Crippen LogP contribution in [-0.2, 0) is 11.2 Å². The quantitative estimate of drug-likeness (QED) is 0.591. The third-order valence-electron chi connectivity index (χ3n) is 2.85. The van der Waals surface area contributed by atoms with E-state index in [9.17, 15) is 18.0 Å². The molecule has 0 unspecified atom stereocenters. The zero-order chi connectivity index (χ0) is 14.8. The van der Waals surface area contributed by atoms with E-state index in [-0.39, 0.29) is 30.0 Å². The molecule has 1 aromatic rings. The zero-order valence-corrected chi connectivity index (χ0v) is 11.3. The van der Waals surface area contributed by atoms with Crippen molar-refractivity contribution in [2.45, 2.75) is 18.3 Å². The molecular formula is C12H14F3N3OS. The van der Waals surface area contributed by atoms with Gasteiger partial charge in [-0.05, 0) is 35.9 Å². The lowest BCUT2D eigenvalue weighted by atomic mass is 10.0. The molecule has 0 spiro atoms. The summed E-state index contributed by atoms with van der Waals surface area (Å²) in [5.74, 6) is -0.143. The number of halogens is 3. The molecule has 0 fully saturated rings. The maximum absolute atomic E-state index is 12.0. The molecule has 1 aliphatic rings. The van der Waals surface area contributed by atoms with Gasteiger partial charge < -0.3 is 16.4 Å². The minimum atomic E-state index is -4.21. The van der Waals surface area contributed by atoms with Crippen LogP contribution in [-0.4, -0.2) is 23.7 Å². The molecule has 1 amide bonds. The second-order valence-electron chi connectivity index (χ2n) is 4.37. The lowest BCUT2D eigenvalue weighted by molar-refractivity contribution is -0.116. The summed E-state index contributed by atoms with van der Waals surface area (Å²) in [4.78, 5) is 11.3. The SMILES string of the molecule is Nc1cc2c(cc1NCCSC(F)(F)F)CCC(=O)N2. The van der Waals surface area contributed by atoms with Gasteiger partial charge in [0.2, 0.25) is 5.91 Å². The Labute approximate surface area is 118 Å². The third-order valence-corrected chi connectivity index (χ3v) is 3.59. The fourth-order valence-electron chi connectivity index (χ4n) is 1.95. The molecule has 1 aliphatic heterocycles. The van der Waals surface area contributed by atoms with E-state index in [0.29, 0.717) is 29.9 Å². The van der Waals surface area contributed by atoms with Crippen molar-refractivity contribution in [3.63, 3.8) is 0 Å². The first kappa shape index (κ1) is 14.8. The molecule has 4 nitrogen and oxygen atoms in total. The molecule has 8 heteroatoms. The van der Waals surface area contributed by atoms with E-state index in [1.807, 2.05) is 0 Å². The summed E-state index contributed by atoms with van der Waals surface area (Å²) in [6.07, 6.45) is 1.01. The molecule has 1 heterocycles. The van der Waals surface area contributed by atoms with Crippen molar-refractivity contribution in [2.75, 3.05) is 28.7 Å². The number of rotatable bonds is 4. The number of amides is 1. The number of anilines is 3. The van der Waals surface area contributed by atoms with Crippen molar-refractivity contribution in [2.24, 2.45) is 0 Å². The van der Waals surface area contributed by atoms with Crippen LogP contribution in [0.15, 0.2) is 12.1 Å². The molecule has 0 radical (unpaired) electrons. The number of hydrogen-bond donors (Lipinski definition) is 3. The predicted molar refractivity (Wildman–Crippen MR) is 74.8 cm³/mol. The monoisotopic (exact) mass is 305 g/mol. The van der Waals surface area contributed by atoms with Crippen molar-refractivity contribution >= 4 is 34.7 Å². The number of thioether (sulfide) groups is 1. The minimum Gasteiger partial charge on any atom is -0.397 e. The summed E-state index contributed by atoms with van der Waals surface area (Å²) in [5, 5.41) is 5.60. The predicted octanol–water partition coefficient (Wildman–Crippen LogP) is 2.82. The number of fused-ring (bicyclic) bond motifs is 1. The Kier molecular flexibility index (Phi) is 4.32. The van der Waals surface area contributed by atoms with Gasteiger partial charge in [0.15, 0.2) is 0 Å². The van der Waals surface area contributed by atoms with Crippen molar-refractivity contribution in [1.29, 1.82) is 0 Å². The maximum Gasteiger partial charge on any atom is 0.441 e. The highest BCUT2D eigenvalue weighted by Gasteiger charge is 2.27. The number of carbonyl (C=O) groups is 1. The van der Waals surface area contributed by atoms with Crippen molar-refractivity contribution < 1.29 is 18.0 Å². The fraction of sp³-hybridized carbons (Fsp3) is 0.417. The largest absolute Gasteiger partial charge is 0.441 e. The van der Waals surface area contributed by atoms with Crippen molar-refractivity contribution in [1.82, 2.24) is 0 Å². The molecule has 110 valence electrons. The number of carbonyl (C=O) groups excluding carboxylic acids is 1. The molecule has 0 bridgehead atoms. The van der Waals surface area contributed by atoms with Crippen LogP contribution in [0.2, 0.25) is 0 Å². The first-order valence-electron chi connectivity index (χ1n) is 6.02. The van der Waals surface area contributed by atoms with E-state index in [4.69, 9.17) is 5.73 Å². The smallest absolute Gasteiger partial charge is 0.397 e. The molecule has 0 atom stereocenters. The number of aryl methyl sites for hydroxylation is 1. The summed E-state index contributed by atoms with van der Waals surface area (Å²) in [7, 11) is 0. The van der Waals surface area contributed by atoms with E-state index in [1.54, 1.807) is 12.1 Å². The van der Waals surface area contributed by atoms with Gasteiger partial charge in [-0.15, -0.1) is 0 Å². The van der Waals surface area contributed by atoms with Crippen LogP contribution < -0.4 is 16.4 Å². The zero-order valence-electron chi connectivity index (χ0n) is 10.5. The molecule has 0 saturated carbocycles. The second kappa shape index (κ2) is 5.82. The Balaban J connectivity index is 1.97.